The van der Waals surface area contributed by atoms with Crippen LogP contribution < -0.4 is 24.4 Å². The number of imide groups is 2. The monoisotopic (exact) mass is 556 g/mol. The highest BCUT2D eigenvalue weighted by atomic mass is 16.5. The summed E-state index contributed by atoms with van der Waals surface area (Å²) < 4.78 is 16.9. The highest BCUT2D eigenvalue weighted by Gasteiger charge is 2.37. The number of barbiturate groups is 1. The van der Waals surface area contributed by atoms with Crippen LogP contribution in [0.5, 0.6) is 17.2 Å². The van der Waals surface area contributed by atoms with Crippen molar-refractivity contribution in [2.75, 3.05) is 18.1 Å². The number of carbonyl (C=O) groups is 4. The molecule has 1 aliphatic heterocycles. The fraction of sp³-hybridized carbons (Fsp3) is 0.161. The van der Waals surface area contributed by atoms with E-state index in [0.717, 1.165) is 10.5 Å². The summed E-state index contributed by atoms with van der Waals surface area (Å²) in [6.45, 7) is 5.49. The number of allylic oxidation sites excluding steroid dienone is 1. The number of hydrogen-bond acceptors (Lipinski definition) is 7. The predicted molar refractivity (Wildman–Crippen MR) is 151 cm³/mol. The van der Waals surface area contributed by atoms with Gasteiger partial charge in [-0.1, -0.05) is 36.4 Å². The van der Waals surface area contributed by atoms with E-state index in [0.29, 0.717) is 29.9 Å². The van der Waals surface area contributed by atoms with Crippen LogP contribution in [0.1, 0.15) is 23.6 Å². The van der Waals surface area contributed by atoms with Crippen LogP contribution in [0.3, 0.4) is 0 Å². The molecule has 3 aromatic carbocycles. The Morgan fingerprint density at radius 1 is 1.00 bits per heavy atom. The third-order valence-corrected chi connectivity index (χ3v) is 5.91. The number of amides is 4. The van der Waals surface area contributed by atoms with Crippen molar-refractivity contribution in [1.29, 1.82) is 0 Å². The Balaban J connectivity index is 1.62. The van der Waals surface area contributed by atoms with Gasteiger partial charge in [-0.25, -0.2) is 14.5 Å². The van der Waals surface area contributed by atoms with Crippen LogP contribution in [-0.2, 0) is 27.4 Å². The molecule has 0 atom stereocenters. The average Bonchev–Trinajstić information content (AvgIpc) is 2.95. The Morgan fingerprint density at radius 3 is 2.39 bits per heavy atom. The second kappa shape index (κ2) is 13.1. The third-order valence-electron chi connectivity index (χ3n) is 5.91. The van der Waals surface area contributed by atoms with Gasteiger partial charge in [0, 0.05) is 5.56 Å². The van der Waals surface area contributed by atoms with Crippen LogP contribution in [0.2, 0.25) is 0 Å². The first kappa shape index (κ1) is 28.6. The Labute approximate surface area is 236 Å². The standard InChI is InChI=1S/C31H28N2O8/c1-3-8-22-15-21(17-26(39-4-2)28(22)41-19-27(34)35)16-25-29(36)32-31(38)33(30(25)37)23-11-13-24(14-12-23)40-18-20-9-6-5-7-10-20/h3,5-7,9-17H,1,4,8,18-19H2,2H3,(H,34,35)(H,32,36,38)/b25-16+. The minimum absolute atomic E-state index is 0.224. The average molecular weight is 557 g/mol. The molecule has 10 nitrogen and oxygen atoms in total. The number of carboxylic acids is 1. The molecule has 0 spiro atoms. The van der Waals surface area contributed by atoms with Crippen molar-refractivity contribution in [3.8, 4) is 17.2 Å². The van der Waals surface area contributed by atoms with Gasteiger partial charge in [0.1, 0.15) is 17.9 Å². The molecule has 0 radical (unpaired) electrons. The van der Waals surface area contributed by atoms with Gasteiger partial charge >= 0.3 is 12.0 Å². The molecule has 4 amide bonds. The largest absolute Gasteiger partial charge is 0.490 e. The number of nitrogens with zero attached hydrogens (tertiary/aromatic N) is 1. The first-order valence-electron chi connectivity index (χ1n) is 12.7. The molecular weight excluding hydrogens is 528 g/mol. The number of ether oxygens (including phenoxy) is 3. The quantitative estimate of drug-likeness (QED) is 0.189. The summed E-state index contributed by atoms with van der Waals surface area (Å²) in [5.74, 6) is -1.82. The second-order valence-electron chi connectivity index (χ2n) is 8.84. The highest BCUT2D eigenvalue weighted by molar-refractivity contribution is 6.39. The minimum Gasteiger partial charge on any atom is -0.490 e. The van der Waals surface area contributed by atoms with E-state index in [2.05, 4.69) is 11.9 Å². The Bertz CT molecular complexity index is 1500. The summed E-state index contributed by atoms with van der Waals surface area (Å²) >= 11 is 0. The Morgan fingerprint density at radius 2 is 1.73 bits per heavy atom. The third kappa shape index (κ3) is 6.99. The van der Waals surface area contributed by atoms with E-state index < -0.39 is 30.4 Å². The lowest BCUT2D eigenvalue weighted by Crippen LogP contribution is -2.54. The maximum atomic E-state index is 13.4. The fourth-order valence-electron chi connectivity index (χ4n) is 4.13. The molecule has 0 aromatic heterocycles. The van der Waals surface area contributed by atoms with Crippen molar-refractivity contribution in [2.45, 2.75) is 20.0 Å². The molecule has 1 fully saturated rings. The van der Waals surface area contributed by atoms with E-state index >= 15 is 0 Å². The molecule has 3 aromatic rings. The number of carboxylic acid groups (broad SMARTS) is 1. The lowest BCUT2D eigenvalue weighted by Gasteiger charge is -2.26. The summed E-state index contributed by atoms with van der Waals surface area (Å²) in [6.07, 6.45) is 3.24. The number of carbonyl (C=O) groups excluding carboxylic acids is 3. The van der Waals surface area contributed by atoms with E-state index in [1.54, 1.807) is 43.3 Å². The van der Waals surface area contributed by atoms with Gasteiger partial charge in [-0.05, 0) is 66.9 Å². The zero-order valence-corrected chi connectivity index (χ0v) is 22.3. The fourth-order valence-corrected chi connectivity index (χ4v) is 4.13. The number of anilines is 1. The summed E-state index contributed by atoms with van der Waals surface area (Å²) in [5, 5.41) is 11.3. The van der Waals surface area contributed by atoms with Crippen LogP contribution in [0, 0.1) is 0 Å². The molecule has 0 bridgehead atoms. The molecule has 0 unspecified atom stereocenters. The van der Waals surface area contributed by atoms with Crippen molar-refractivity contribution in [3.63, 3.8) is 0 Å². The minimum atomic E-state index is -1.16. The van der Waals surface area contributed by atoms with Crippen LogP contribution in [0.4, 0.5) is 10.5 Å². The maximum absolute atomic E-state index is 13.4. The highest BCUT2D eigenvalue weighted by Crippen LogP contribution is 2.35. The van der Waals surface area contributed by atoms with Gasteiger partial charge in [0.25, 0.3) is 11.8 Å². The summed E-state index contributed by atoms with van der Waals surface area (Å²) in [6, 6.07) is 18.2. The molecule has 0 aliphatic carbocycles. The van der Waals surface area contributed by atoms with Gasteiger partial charge in [-0.15, -0.1) is 6.58 Å². The molecule has 4 rings (SSSR count). The number of rotatable bonds is 12. The number of urea groups is 1. The molecule has 10 heteroatoms. The summed E-state index contributed by atoms with van der Waals surface area (Å²) in [7, 11) is 0. The number of aliphatic carboxylic acids is 1. The van der Waals surface area contributed by atoms with E-state index in [4.69, 9.17) is 19.3 Å². The number of nitrogens with one attached hydrogen (secondary N) is 1. The van der Waals surface area contributed by atoms with Crippen LogP contribution in [0.15, 0.2) is 85.0 Å². The van der Waals surface area contributed by atoms with Gasteiger partial charge in [-0.3, -0.25) is 14.9 Å². The van der Waals surface area contributed by atoms with E-state index in [1.165, 1.54) is 12.1 Å². The zero-order chi connectivity index (χ0) is 29.4. The lowest BCUT2D eigenvalue weighted by atomic mass is 10.0. The Hall–Kier alpha value is -5.38. The summed E-state index contributed by atoms with van der Waals surface area (Å²) in [4.78, 5) is 50.8. The smallest absolute Gasteiger partial charge is 0.341 e. The van der Waals surface area contributed by atoms with Crippen molar-refractivity contribution in [1.82, 2.24) is 5.32 Å². The van der Waals surface area contributed by atoms with Crippen LogP contribution in [0.25, 0.3) is 6.08 Å². The van der Waals surface area contributed by atoms with Crippen molar-refractivity contribution >= 4 is 35.6 Å². The normalized spacial score (nSPS) is 14.0. The lowest BCUT2D eigenvalue weighted by molar-refractivity contribution is -0.139. The molecule has 1 heterocycles. The first-order valence-corrected chi connectivity index (χ1v) is 12.7. The molecule has 1 saturated heterocycles. The van der Waals surface area contributed by atoms with E-state index in [-0.39, 0.29) is 29.4 Å². The van der Waals surface area contributed by atoms with Gasteiger partial charge < -0.3 is 19.3 Å². The predicted octanol–water partition coefficient (Wildman–Crippen LogP) is 4.52. The topological polar surface area (TPSA) is 131 Å². The van der Waals surface area contributed by atoms with E-state index in [9.17, 15) is 19.2 Å². The van der Waals surface area contributed by atoms with Crippen molar-refractivity contribution < 1.29 is 38.5 Å². The van der Waals surface area contributed by atoms with E-state index in [1.807, 2.05) is 30.3 Å². The van der Waals surface area contributed by atoms with Crippen LogP contribution in [-0.4, -0.2) is 42.1 Å². The molecule has 41 heavy (non-hydrogen) atoms. The van der Waals surface area contributed by atoms with Gasteiger partial charge in [0.2, 0.25) is 0 Å². The van der Waals surface area contributed by atoms with Gasteiger partial charge in [0.05, 0.1) is 12.3 Å². The SMILES string of the molecule is C=CCc1cc(/C=C2\C(=O)NC(=O)N(c3ccc(OCc4ccccc4)cc3)C2=O)cc(OCC)c1OCC(=O)O. The molecule has 2 N–H and O–H groups in total. The number of hydrogen-bond donors (Lipinski definition) is 2. The second-order valence-corrected chi connectivity index (χ2v) is 8.84. The van der Waals surface area contributed by atoms with Gasteiger partial charge in [0.15, 0.2) is 18.1 Å². The van der Waals surface area contributed by atoms with Crippen LogP contribution >= 0.6 is 0 Å². The Kier molecular flexibility index (Phi) is 9.16. The molecule has 210 valence electrons. The summed E-state index contributed by atoms with van der Waals surface area (Å²) in [5.41, 5.74) is 1.91. The maximum Gasteiger partial charge on any atom is 0.341 e. The van der Waals surface area contributed by atoms with Gasteiger partial charge in [-0.2, -0.15) is 0 Å². The zero-order valence-electron chi connectivity index (χ0n) is 22.3. The van der Waals surface area contributed by atoms with Crippen molar-refractivity contribution in [2.24, 2.45) is 0 Å². The first-order chi connectivity index (χ1) is 19.8. The molecule has 0 saturated carbocycles. The molecule has 1 aliphatic rings. The molecular formula is C31H28N2O8. The number of benzene rings is 3. The van der Waals surface area contributed by atoms with Crippen molar-refractivity contribution in [3.05, 3.63) is 102 Å².